The zero-order valence-corrected chi connectivity index (χ0v) is 37.5. The predicted octanol–water partition coefficient (Wildman–Crippen LogP) is 11.2. The Bertz CT molecular complexity index is 3260. The van der Waals surface area contributed by atoms with Crippen LogP contribution in [0.1, 0.15) is 59.2 Å². The summed E-state index contributed by atoms with van der Waals surface area (Å²) in [6.45, 7) is 4.53. The molecule has 0 spiro atoms. The second-order valence-corrected chi connectivity index (χ2v) is 17.6. The van der Waals surface area contributed by atoms with Gasteiger partial charge in [0.25, 0.3) is 0 Å². The van der Waals surface area contributed by atoms with Crippen LogP contribution >= 0.6 is 0 Å². The summed E-state index contributed by atoms with van der Waals surface area (Å²) >= 11 is 0. The molecule has 2 aliphatic rings. The van der Waals surface area contributed by atoms with Gasteiger partial charge in [-0.3, -0.25) is 4.79 Å². The van der Waals surface area contributed by atoms with Crippen molar-refractivity contribution in [1.82, 2.24) is 29.2 Å². The second-order valence-electron chi connectivity index (χ2n) is 17.6. The number of aromatic nitrogens is 6. The highest BCUT2D eigenvalue weighted by Gasteiger charge is 2.18. The van der Waals surface area contributed by atoms with Crippen molar-refractivity contribution in [2.75, 3.05) is 36.0 Å². The second kappa shape index (κ2) is 18.1. The molecule has 0 atom stereocenters. The maximum absolute atomic E-state index is 11.9. The first-order valence-corrected chi connectivity index (χ1v) is 23.3. The number of carboxylic acid groups (broad SMARTS) is 1. The summed E-state index contributed by atoms with van der Waals surface area (Å²) < 4.78 is 3.61. The number of benzene rings is 6. The van der Waals surface area contributed by atoms with Crippen LogP contribution in [0.5, 0.6) is 0 Å². The Morgan fingerprint density at radius 1 is 0.441 bits per heavy atom. The molecule has 2 fully saturated rings. The third kappa shape index (κ3) is 8.04. The van der Waals surface area contributed by atoms with Crippen LogP contribution in [-0.2, 0) is 0 Å². The van der Waals surface area contributed by atoms with Gasteiger partial charge in [-0.2, -0.15) is 10.2 Å². The number of rotatable bonds is 8. The minimum Gasteiger partial charge on any atom is -0.478 e. The summed E-state index contributed by atoms with van der Waals surface area (Å²) in [5, 5.41) is 22.1. The number of nitrogens with two attached hydrogens (primary N) is 1. The van der Waals surface area contributed by atoms with Crippen molar-refractivity contribution in [2.24, 2.45) is 5.73 Å². The van der Waals surface area contributed by atoms with Gasteiger partial charge in [0.15, 0.2) is 11.3 Å². The summed E-state index contributed by atoms with van der Waals surface area (Å²) in [5.41, 5.74) is 18.4. The fourth-order valence-electron chi connectivity index (χ4n) is 9.95. The number of hydrogen-bond donors (Lipinski definition) is 2. The molecule has 12 nitrogen and oxygen atoms in total. The average molecular weight is 896 g/mol. The van der Waals surface area contributed by atoms with Crippen LogP contribution in [0.25, 0.3) is 77.3 Å². The first-order valence-electron chi connectivity index (χ1n) is 23.3. The number of fused-ring (bicyclic) bond motifs is 4. The number of nitrogens with zero attached hydrogens (tertiary/aromatic N) is 8. The highest BCUT2D eigenvalue weighted by Crippen LogP contribution is 2.35. The van der Waals surface area contributed by atoms with Crippen molar-refractivity contribution in [3.05, 3.63) is 170 Å². The molecule has 0 bridgehead atoms. The lowest BCUT2D eigenvalue weighted by Crippen LogP contribution is -2.29. The molecule has 0 saturated carbocycles. The summed E-state index contributed by atoms with van der Waals surface area (Å²) in [7, 11) is 0. The minimum absolute atomic E-state index is 0.291. The van der Waals surface area contributed by atoms with Gasteiger partial charge < -0.3 is 20.6 Å². The topological polar surface area (TPSA) is 147 Å². The molecule has 4 aromatic heterocycles. The van der Waals surface area contributed by atoms with Crippen molar-refractivity contribution in [3.63, 3.8) is 0 Å². The molecule has 1 amide bonds. The van der Waals surface area contributed by atoms with Crippen LogP contribution < -0.4 is 15.5 Å². The van der Waals surface area contributed by atoms with Crippen molar-refractivity contribution in [1.29, 1.82) is 0 Å². The van der Waals surface area contributed by atoms with Gasteiger partial charge in [0.2, 0.25) is 5.91 Å². The third-order valence-corrected chi connectivity index (χ3v) is 13.5. The Labute approximate surface area is 392 Å². The minimum atomic E-state index is -0.934. The summed E-state index contributed by atoms with van der Waals surface area (Å²) in [6.07, 6.45) is 19.1. The summed E-state index contributed by atoms with van der Waals surface area (Å²) in [5.74, 6) is -1.37. The molecule has 0 unspecified atom stereocenters. The van der Waals surface area contributed by atoms with E-state index < -0.39 is 11.9 Å². The molecule has 6 aromatic carbocycles. The van der Waals surface area contributed by atoms with E-state index in [-0.39, 0.29) is 0 Å². The maximum Gasteiger partial charge on any atom is 0.336 e. The van der Waals surface area contributed by atoms with Crippen LogP contribution in [-0.4, -0.2) is 72.4 Å². The molecule has 336 valence electrons. The SMILES string of the molecule is NC(=O)c1cccc2c(-c3cnn4cc(-c5ccc(N6CCCCC6)cc5)cnc34)cccc12.O=C(O)c1cccc2c(-c3cnn4cc(-c5ccc(N6CCCCC6)cc5)cnc34)cccc12. The fourth-order valence-corrected chi connectivity index (χ4v) is 9.95. The lowest BCUT2D eigenvalue weighted by Gasteiger charge is -2.28. The summed E-state index contributed by atoms with van der Waals surface area (Å²) in [6, 6.07) is 40.0. The quantitative estimate of drug-likeness (QED) is 0.152. The highest BCUT2D eigenvalue weighted by molar-refractivity contribution is 6.11. The van der Waals surface area contributed by atoms with Gasteiger partial charge in [-0.1, -0.05) is 84.9 Å². The van der Waals surface area contributed by atoms with E-state index in [0.717, 1.165) is 98.1 Å². The van der Waals surface area contributed by atoms with Gasteiger partial charge >= 0.3 is 5.97 Å². The van der Waals surface area contributed by atoms with E-state index in [1.807, 2.05) is 90.1 Å². The molecular weight excluding hydrogens is 847 g/mol. The van der Waals surface area contributed by atoms with Gasteiger partial charge in [0.05, 0.1) is 18.0 Å². The van der Waals surface area contributed by atoms with Crippen molar-refractivity contribution < 1.29 is 14.7 Å². The number of hydrogen-bond acceptors (Lipinski definition) is 8. The van der Waals surface area contributed by atoms with Gasteiger partial charge in [0.1, 0.15) is 0 Å². The van der Waals surface area contributed by atoms with E-state index in [0.29, 0.717) is 16.5 Å². The standard InChI is InChI=1S/C28H25N5O.C28H24N4O2/c29-27(34)25-9-5-6-22-23(25)7-4-8-24(22)26-17-31-33-18-20(16-30-28(26)33)19-10-12-21(13-11-19)32-14-2-1-3-15-32;33-28(34)25-9-5-6-22-23(25)7-4-8-24(22)26-17-30-32-18-20(16-29-27(26)32)19-10-12-21(13-11-19)31-14-2-1-3-15-31/h4-13,16-18H,1-3,14-15H2,(H2,29,34);4-13,16-18H,1-3,14-15H2,(H,33,34). The molecular formula is C56H49N9O3. The van der Waals surface area contributed by atoms with Gasteiger partial charge in [0, 0.05) is 90.2 Å². The molecule has 12 heteroatoms. The maximum atomic E-state index is 11.9. The van der Waals surface area contributed by atoms with Gasteiger partial charge in [-0.25, -0.2) is 23.8 Å². The Morgan fingerprint density at radius 3 is 1.29 bits per heavy atom. The van der Waals surface area contributed by atoms with E-state index in [4.69, 9.17) is 15.7 Å². The monoisotopic (exact) mass is 895 g/mol. The van der Waals surface area contributed by atoms with Crippen LogP contribution in [0.15, 0.2) is 159 Å². The molecule has 2 saturated heterocycles. The fraction of sp³-hybridized carbons (Fsp3) is 0.179. The summed E-state index contributed by atoms with van der Waals surface area (Å²) in [4.78, 5) is 38.0. The predicted molar refractivity (Wildman–Crippen MR) is 270 cm³/mol. The molecule has 12 rings (SSSR count). The van der Waals surface area contributed by atoms with Crippen molar-refractivity contribution in [2.45, 2.75) is 38.5 Å². The van der Waals surface area contributed by atoms with E-state index in [1.165, 1.54) is 49.9 Å². The van der Waals surface area contributed by atoms with Gasteiger partial charge in [-0.15, -0.1) is 0 Å². The highest BCUT2D eigenvalue weighted by atomic mass is 16.4. The molecule has 3 N–H and O–H groups in total. The Balaban J connectivity index is 0.000000149. The van der Waals surface area contributed by atoms with E-state index >= 15 is 0 Å². The molecule has 0 aliphatic carbocycles. The average Bonchev–Trinajstić information content (AvgIpc) is 4.03. The smallest absolute Gasteiger partial charge is 0.336 e. The lowest BCUT2D eigenvalue weighted by molar-refractivity contribution is 0.0698. The number of piperidine rings is 2. The number of carbonyl (C=O) groups is 2. The normalized spacial score (nSPS) is 14.1. The van der Waals surface area contributed by atoms with E-state index in [2.05, 4.69) is 68.5 Å². The largest absolute Gasteiger partial charge is 0.478 e. The van der Waals surface area contributed by atoms with Gasteiger partial charge in [-0.05, 0) is 119 Å². The number of amides is 1. The molecule has 0 radical (unpaired) electrons. The lowest BCUT2D eigenvalue weighted by atomic mass is 9.96. The van der Waals surface area contributed by atoms with E-state index in [1.54, 1.807) is 28.9 Å². The van der Waals surface area contributed by atoms with Crippen LogP contribution in [0, 0.1) is 0 Å². The third-order valence-electron chi connectivity index (χ3n) is 13.5. The first kappa shape index (κ1) is 42.3. The van der Waals surface area contributed by atoms with Crippen molar-refractivity contribution >= 4 is 56.1 Å². The van der Waals surface area contributed by atoms with E-state index in [9.17, 15) is 14.7 Å². The van der Waals surface area contributed by atoms with Crippen molar-refractivity contribution in [3.8, 4) is 44.5 Å². The number of carboxylic acids is 1. The van der Waals surface area contributed by atoms with Crippen LogP contribution in [0.3, 0.4) is 0 Å². The molecule has 6 heterocycles. The Morgan fingerprint density at radius 2 is 0.853 bits per heavy atom. The van der Waals surface area contributed by atoms with Crippen LogP contribution in [0.4, 0.5) is 11.4 Å². The molecule has 10 aromatic rings. The zero-order valence-electron chi connectivity index (χ0n) is 37.5. The molecule has 68 heavy (non-hydrogen) atoms. The Kier molecular flexibility index (Phi) is 11.3. The Hall–Kier alpha value is -8.38. The first-order chi connectivity index (χ1) is 33.4. The number of aromatic carboxylic acids is 1. The van der Waals surface area contributed by atoms with Crippen LogP contribution in [0.2, 0.25) is 0 Å². The number of primary amides is 1. The zero-order chi connectivity index (χ0) is 46.1. The number of anilines is 2. The molecule has 2 aliphatic heterocycles. The number of carbonyl (C=O) groups excluding carboxylic acids is 1.